The van der Waals surface area contributed by atoms with E-state index >= 15 is 0 Å². The van der Waals surface area contributed by atoms with Crippen LogP contribution in [-0.4, -0.2) is 38.3 Å². The lowest BCUT2D eigenvalue weighted by Crippen LogP contribution is -2.32. The zero-order valence-corrected chi connectivity index (χ0v) is 16.0. The van der Waals surface area contributed by atoms with Crippen LogP contribution in [0.5, 0.6) is 0 Å². The first-order valence-corrected chi connectivity index (χ1v) is 10.7. The number of sulfonamides is 1. The third kappa shape index (κ3) is 5.30. The lowest BCUT2D eigenvalue weighted by atomic mass is 10.2. The molecule has 0 unspecified atom stereocenters. The van der Waals surface area contributed by atoms with Gasteiger partial charge in [0.15, 0.2) is 0 Å². The molecule has 2 aromatic rings. The number of amides is 1. The van der Waals surface area contributed by atoms with Gasteiger partial charge in [0.2, 0.25) is 15.9 Å². The Labute approximate surface area is 160 Å². The first kappa shape index (κ1) is 19.4. The quantitative estimate of drug-likeness (QED) is 0.797. The molecule has 0 bridgehead atoms. The maximum atomic E-state index is 12.9. The van der Waals surface area contributed by atoms with Gasteiger partial charge in [-0.15, -0.1) is 0 Å². The molecule has 27 heavy (non-hydrogen) atoms. The Kier molecular flexibility index (Phi) is 6.47. The highest BCUT2D eigenvalue weighted by atomic mass is 32.2. The standard InChI is InChI=1S/C20H25N3O3S/c24-20(22-17-9-4-3-5-10-17)16-21-18-11-8-12-19(15-18)27(25,26)23-13-6-1-2-7-14-23/h3-5,8-12,15,21H,1-2,6-7,13-14,16H2,(H,22,24). The van der Waals surface area contributed by atoms with Crippen molar-refractivity contribution < 1.29 is 13.2 Å². The van der Waals surface area contributed by atoms with Crippen molar-refractivity contribution >= 4 is 27.3 Å². The Hall–Kier alpha value is -2.38. The highest BCUT2D eigenvalue weighted by Crippen LogP contribution is 2.22. The van der Waals surface area contributed by atoms with Gasteiger partial charge in [-0.2, -0.15) is 4.31 Å². The van der Waals surface area contributed by atoms with E-state index in [1.807, 2.05) is 30.3 Å². The summed E-state index contributed by atoms with van der Waals surface area (Å²) in [6, 6.07) is 15.9. The van der Waals surface area contributed by atoms with Crippen LogP contribution in [0.25, 0.3) is 0 Å². The van der Waals surface area contributed by atoms with Crippen molar-refractivity contribution in [2.24, 2.45) is 0 Å². The maximum absolute atomic E-state index is 12.9. The van der Waals surface area contributed by atoms with Crippen LogP contribution < -0.4 is 10.6 Å². The fraction of sp³-hybridized carbons (Fsp3) is 0.350. The molecule has 1 aliphatic rings. The van der Waals surface area contributed by atoms with E-state index in [0.717, 1.165) is 31.4 Å². The first-order valence-electron chi connectivity index (χ1n) is 9.25. The lowest BCUT2D eigenvalue weighted by molar-refractivity contribution is -0.114. The van der Waals surface area contributed by atoms with Gasteiger partial charge in [0.05, 0.1) is 11.4 Å². The molecule has 7 heteroatoms. The molecule has 1 aliphatic heterocycles. The van der Waals surface area contributed by atoms with Crippen molar-refractivity contribution in [1.29, 1.82) is 0 Å². The van der Waals surface area contributed by atoms with E-state index in [-0.39, 0.29) is 17.3 Å². The van der Waals surface area contributed by atoms with E-state index in [1.54, 1.807) is 28.6 Å². The Morgan fingerprint density at radius 1 is 0.889 bits per heavy atom. The molecule has 3 rings (SSSR count). The number of hydrogen-bond acceptors (Lipinski definition) is 4. The molecule has 1 heterocycles. The van der Waals surface area contributed by atoms with Crippen LogP contribution in [0.15, 0.2) is 59.5 Å². The van der Waals surface area contributed by atoms with Gasteiger partial charge >= 0.3 is 0 Å². The van der Waals surface area contributed by atoms with Crippen LogP contribution in [0.4, 0.5) is 11.4 Å². The Bertz CT molecular complexity index is 861. The van der Waals surface area contributed by atoms with Crippen LogP contribution >= 0.6 is 0 Å². The smallest absolute Gasteiger partial charge is 0.243 e. The van der Waals surface area contributed by atoms with Crippen molar-refractivity contribution in [1.82, 2.24) is 4.31 Å². The molecule has 0 saturated carbocycles. The van der Waals surface area contributed by atoms with Crippen LogP contribution in [0, 0.1) is 0 Å². The van der Waals surface area contributed by atoms with Crippen LogP contribution in [0.3, 0.4) is 0 Å². The Balaban J connectivity index is 1.63. The minimum absolute atomic E-state index is 0.0576. The predicted molar refractivity (Wildman–Crippen MR) is 107 cm³/mol. The van der Waals surface area contributed by atoms with Gasteiger partial charge in [-0.05, 0) is 43.2 Å². The SMILES string of the molecule is O=C(CNc1cccc(S(=O)(=O)N2CCCCCC2)c1)Nc1ccccc1. The zero-order chi connectivity index (χ0) is 19.1. The molecule has 0 radical (unpaired) electrons. The Morgan fingerprint density at radius 3 is 2.26 bits per heavy atom. The fourth-order valence-corrected chi connectivity index (χ4v) is 4.67. The summed E-state index contributed by atoms with van der Waals surface area (Å²) >= 11 is 0. The number of carbonyl (C=O) groups is 1. The van der Waals surface area contributed by atoms with Crippen molar-refractivity contribution in [2.45, 2.75) is 30.6 Å². The second-order valence-electron chi connectivity index (χ2n) is 6.61. The molecule has 144 valence electrons. The second kappa shape index (κ2) is 9.01. The molecule has 1 amide bonds. The van der Waals surface area contributed by atoms with Crippen molar-refractivity contribution in [2.75, 3.05) is 30.3 Å². The number of nitrogens with one attached hydrogen (secondary N) is 2. The molecule has 1 saturated heterocycles. The third-order valence-corrected chi connectivity index (χ3v) is 6.44. The van der Waals surface area contributed by atoms with Gasteiger partial charge in [0, 0.05) is 24.5 Å². The summed E-state index contributed by atoms with van der Waals surface area (Å²) in [6.45, 7) is 1.20. The molecular weight excluding hydrogens is 362 g/mol. The van der Waals surface area contributed by atoms with Crippen LogP contribution in [-0.2, 0) is 14.8 Å². The van der Waals surface area contributed by atoms with Crippen molar-refractivity contribution in [3.63, 3.8) is 0 Å². The number of hydrogen-bond donors (Lipinski definition) is 2. The molecule has 6 nitrogen and oxygen atoms in total. The minimum atomic E-state index is -3.50. The third-order valence-electron chi connectivity index (χ3n) is 4.55. The van der Waals surface area contributed by atoms with E-state index in [4.69, 9.17) is 0 Å². The average Bonchev–Trinajstić information content (AvgIpc) is 2.97. The van der Waals surface area contributed by atoms with E-state index in [2.05, 4.69) is 10.6 Å². The molecule has 0 atom stereocenters. The van der Waals surface area contributed by atoms with Gasteiger partial charge in [-0.25, -0.2) is 8.42 Å². The number of carbonyl (C=O) groups excluding carboxylic acids is 1. The monoisotopic (exact) mass is 387 g/mol. The topological polar surface area (TPSA) is 78.5 Å². The van der Waals surface area contributed by atoms with Gasteiger partial charge in [-0.1, -0.05) is 37.1 Å². The fourth-order valence-electron chi connectivity index (χ4n) is 3.11. The van der Waals surface area contributed by atoms with E-state index in [0.29, 0.717) is 18.8 Å². The van der Waals surface area contributed by atoms with Gasteiger partial charge in [-0.3, -0.25) is 4.79 Å². The summed E-state index contributed by atoms with van der Waals surface area (Å²) in [6.07, 6.45) is 3.95. The van der Waals surface area contributed by atoms with E-state index < -0.39 is 10.0 Å². The maximum Gasteiger partial charge on any atom is 0.243 e. The van der Waals surface area contributed by atoms with E-state index in [1.165, 1.54) is 0 Å². The summed E-state index contributed by atoms with van der Waals surface area (Å²) in [5.41, 5.74) is 1.33. The number of rotatable bonds is 6. The zero-order valence-electron chi connectivity index (χ0n) is 15.2. The molecular formula is C20H25N3O3S. The van der Waals surface area contributed by atoms with Crippen LogP contribution in [0.1, 0.15) is 25.7 Å². The largest absolute Gasteiger partial charge is 0.376 e. The van der Waals surface area contributed by atoms with E-state index in [9.17, 15) is 13.2 Å². The normalized spacial score (nSPS) is 15.7. The lowest BCUT2D eigenvalue weighted by Gasteiger charge is -2.20. The second-order valence-corrected chi connectivity index (χ2v) is 8.55. The summed E-state index contributed by atoms with van der Waals surface area (Å²) in [5.74, 6) is -0.193. The predicted octanol–water partition coefficient (Wildman–Crippen LogP) is 3.30. The number of anilines is 2. The van der Waals surface area contributed by atoms with Gasteiger partial charge < -0.3 is 10.6 Å². The minimum Gasteiger partial charge on any atom is -0.376 e. The highest BCUT2D eigenvalue weighted by Gasteiger charge is 2.25. The summed E-state index contributed by atoms with van der Waals surface area (Å²) in [4.78, 5) is 12.3. The average molecular weight is 388 g/mol. The summed E-state index contributed by atoms with van der Waals surface area (Å²) in [7, 11) is -3.50. The summed E-state index contributed by atoms with van der Waals surface area (Å²) in [5, 5.41) is 5.79. The Morgan fingerprint density at radius 2 is 1.56 bits per heavy atom. The molecule has 0 aliphatic carbocycles. The van der Waals surface area contributed by atoms with Gasteiger partial charge in [0.1, 0.15) is 0 Å². The van der Waals surface area contributed by atoms with Gasteiger partial charge in [0.25, 0.3) is 0 Å². The highest BCUT2D eigenvalue weighted by molar-refractivity contribution is 7.89. The van der Waals surface area contributed by atoms with Crippen molar-refractivity contribution in [3.05, 3.63) is 54.6 Å². The number of para-hydroxylation sites is 1. The molecule has 2 aromatic carbocycles. The van der Waals surface area contributed by atoms with Crippen molar-refractivity contribution in [3.8, 4) is 0 Å². The molecule has 0 aromatic heterocycles. The molecule has 1 fully saturated rings. The first-order chi connectivity index (χ1) is 13.1. The molecule has 2 N–H and O–H groups in total. The van der Waals surface area contributed by atoms with Crippen LogP contribution in [0.2, 0.25) is 0 Å². The number of nitrogens with zero attached hydrogens (tertiary/aromatic N) is 1. The summed E-state index contributed by atoms with van der Waals surface area (Å²) < 4.78 is 27.4. The number of benzene rings is 2. The molecule has 0 spiro atoms.